The number of nitrogens with zero attached hydrogens (tertiary/aromatic N) is 1. The van der Waals surface area contributed by atoms with Gasteiger partial charge in [0.25, 0.3) is 0 Å². The second kappa shape index (κ2) is 12.5. The van der Waals surface area contributed by atoms with Crippen LogP contribution in [0.5, 0.6) is 0 Å². The summed E-state index contributed by atoms with van der Waals surface area (Å²) < 4.78 is 5.50. The first kappa shape index (κ1) is 29.2. The normalized spacial score (nSPS) is 18.3. The van der Waals surface area contributed by atoms with E-state index >= 15 is 0 Å². The molecule has 1 fully saturated rings. The molecule has 3 rings (SSSR count). The predicted molar refractivity (Wildman–Crippen MR) is 150 cm³/mol. The Bertz CT molecular complexity index is 1090. The van der Waals surface area contributed by atoms with Crippen molar-refractivity contribution in [3.05, 3.63) is 71.3 Å². The number of amides is 3. The molecule has 0 saturated heterocycles. The van der Waals surface area contributed by atoms with Crippen molar-refractivity contribution < 1.29 is 19.1 Å². The van der Waals surface area contributed by atoms with Crippen LogP contribution in [-0.2, 0) is 27.2 Å². The van der Waals surface area contributed by atoms with Crippen LogP contribution >= 0.6 is 0 Å². The molecule has 7 nitrogen and oxygen atoms in total. The summed E-state index contributed by atoms with van der Waals surface area (Å²) in [5.74, 6) is -0.271. The van der Waals surface area contributed by atoms with Gasteiger partial charge >= 0.3 is 6.09 Å². The number of rotatable bonds is 10. The van der Waals surface area contributed by atoms with Gasteiger partial charge in [0.2, 0.25) is 11.8 Å². The van der Waals surface area contributed by atoms with Crippen molar-refractivity contribution in [2.24, 2.45) is 5.92 Å². The van der Waals surface area contributed by atoms with E-state index in [4.69, 9.17) is 4.74 Å². The number of alkyl carbamates (subject to hydrolysis) is 1. The molecule has 7 heteroatoms. The molecule has 0 spiro atoms. The van der Waals surface area contributed by atoms with Crippen LogP contribution in [0.15, 0.2) is 54.6 Å². The number of carbonyl (C=O) groups excluding carboxylic acids is 3. The van der Waals surface area contributed by atoms with E-state index in [1.807, 2.05) is 68.4 Å². The molecule has 0 heterocycles. The topological polar surface area (TPSA) is 87.7 Å². The highest BCUT2D eigenvalue weighted by molar-refractivity contribution is 5.93. The Labute approximate surface area is 227 Å². The Hall–Kier alpha value is -3.35. The molecule has 3 amide bonds. The van der Waals surface area contributed by atoms with Gasteiger partial charge < -0.3 is 20.3 Å². The molecule has 0 radical (unpaired) electrons. The molecule has 206 valence electrons. The van der Waals surface area contributed by atoms with E-state index in [1.165, 1.54) is 0 Å². The summed E-state index contributed by atoms with van der Waals surface area (Å²) in [6.07, 6.45) is 1.30. The third-order valence-corrected chi connectivity index (χ3v) is 6.61. The maximum Gasteiger partial charge on any atom is 0.408 e. The van der Waals surface area contributed by atoms with E-state index in [1.54, 1.807) is 25.7 Å². The van der Waals surface area contributed by atoms with Gasteiger partial charge in [-0.05, 0) is 70.1 Å². The van der Waals surface area contributed by atoms with Crippen LogP contribution in [0.3, 0.4) is 0 Å². The Morgan fingerprint density at radius 2 is 1.58 bits per heavy atom. The molecule has 2 aromatic rings. The molecule has 0 aromatic heterocycles. The summed E-state index contributed by atoms with van der Waals surface area (Å²) in [5, 5.41) is 5.84. The van der Waals surface area contributed by atoms with Crippen molar-refractivity contribution in [1.29, 1.82) is 0 Å². The van der Waals surface area contributed by atoms with Crippen LogP contribution in [0, 0.1) is 5.92 Å². The van der Waals surface area contributed by atoms with Crippen molar-refractivity contribution in [3.63, 3.8) is 0 Å². The largest absolute Gasteiger partial charge is 0.444 e. The zero-order valence-electron chi connectivity index (χ0n) is 23.8. The third kappa shape index (κ3) is 8.07. The second-order valence-corrected chi connectivity index (χ2v) is 11.6. The maximum absolute atomic E-state index is 14.4. The molecule has 38 heavy (non-hydrogen) atoms. The number of nitrogens with one attached hydrogen (secondary N) is 2. The lowest BCUT2D eigenvalue weighted by molar-refractivity contribution is -0.143. The summed E-state index contributed by atoms with van der Waals surface area (Å²) >= 11 is 0. The zero-order chi connectivity index (χ0) is 28.0. The van der Waals surface area contributed by atoms with Gasteiger partial charge in [0.15, 0.2) is 0 Å². The molecule has 4 atom stereocenters. The summed E-state index contributed by atoms with van der Waals surface area (Å²) in [7, 11) is 0. The third-order valence-electron chi connectivity index (χ3n) is 6.61. The number of aryl methyl sites for hydroxylation is 1. The highest BCUT2D eigenvalue weighted by Crippen LogP contribution is 2.41. The van der Waals surface area contributed by atoms with Crippen molar-refractivity contribution in [1.82, 2.24) is 15.5 Å². The molecule has 1 saturated carbocycles. The summed E-state index contributed by atoms with van der Waals surface area (Å²) in [4.78, 5) is 42.6. The average molecular weight is 522 g/mol. The number of carbonyl (C=O) groups is 3. The van der Waals surface area contributed by atoms with Crippen LogP contribution in [0.25, 0.3) is 0 Å². The lowest BCUT2D eigenvalue weighted by Crippen LogP contribution is -2.55. The first-order valence-electron chi connectivity index (χ1n) is 13.6. The Kier molecular flexibility index (Phi) is 9.58. The first-order chi connectivity index (χ1) is 17.9. The fourth-order valence-corrected chi connectivity index (χ4v) is 4.59. The van der Waals surface area contributed by atoms with Gasteiger partial charge in [-0.15, -0.1) is 0 Å². The van der Waals surface area contributed by atoms with Crippen molar-refractivity contribution >= 4 is 17.9 Å². The van der Waals surface area contributed by atoms with E-state index in [0.29, 0.717) is 0 Å². The van der Waals surface area contributed by atoms with E-state index in [0.717, 1.165) is 29.5 Å². The van der Waals surface area contributed by atoms with Gasteiger partial charge in [0.1, 0.15) is 17.7 Å². The van der Waals surface area contributed by atoms with Gasteiger partial charge in [0, 0.05) is 18.5 Å². The van der Waals surface area contributed by atoms with Gasteiger partial charge in [0.05, 0.1) is 0 Å². The number of ether oxygens (including phenoxy) is 1. The summed E-state index contributed by atoms with van der Waals surface area (Å²) in [6.45, 7) is 13.3. The maximum atomic E-state index is 14.4. The fourth-order valence-electron chi connectivity index (χ4n) is 4.59. The van der Waals surface area contributed by atoms with Gasteiger partial charge in [-0.1, -0.05) is 68.4 Å². The average Bonchev–Trinajstić information content (AvgIpc) is 3.56. The van der Waals surface area contributed by atoms with Crippen molar-refractivity contribution in [3.8, 4) is 0 Å². The van der Waals surface area contributed by atoms with E-state index < -0.39 is 23.8 Å². The minimum Gasteiger partial charge on any atom is -0.444 e. The van der Waals surface area contributed by atoms with Crippen LogP contribution < -0.4 is 10.6 Å². The van der Waals surface area contributed by atoms with Crippen LogP contribution in [-0.4, -0.2) is 46.5 Å². The SMILES string of the molecule is CCc1ccc(C(C(=O)NC(C)C)N(C(=O)C(Cc2ccccc2)NC(=O)OC(C)(C)C)C2CC2C)cc1. The quantitative estimate of drug-likeness (QED) is 0.451. The molecule has 4 unspecified atom stereocenters. The van der Waals surface area contributed by atoms with Gasteiger partial charge in [-0.3, -0.25) is 9.59 Å². The molecular weight excluding hydrogens is 478 g/mol. The van der Waals surface area contributed by atoms with Crippen molar-refractivity contribution in [2.45, 2.75) is 97.5 Å². The Balaban J connectivity index is 2.03. The number of hydrogen-bond acceptors (Lipinski definition) is 4. The first-order valence-corrected chi connectivity index (χ1v) is 13.6. The lowest BCUT2D eigenvalue weighted by atomic mass is 9.98. The lowest BCUT2D eigenvalue weighted by Gasteiger charge is -2.35. The molecule has 2 aromatic carbocycles. The van der Waals surface area contributed by atoms with Crippen LogP contribution in [0.1, 0.15) is 77.6 Å². The molecule has 0 aliphatic heterocycles. The number of benzene rings is 2. The van der Waals surface area contributed by atoms with E-state index in [9.17, 15) is 14.4 Å². The highest BCUT2D eigenvalue weighted by atomic mass is 16.6. The Morgan fingerprint density at radius 3 is 2.08 bits per heavy atom. The molecule has 1 aliphatic rings. The van der Waals surface area contributed by atoms with Crippen LogP contribution in [0.4, 0.5) is 4.79 Å². The smallest absolute Gasteiger partial charge is 0.408 e. The van der Waals surface area contributed by atoms with E-state index in [-0.39, 0.29) is 36.2 Å². The van der Waals surface area contributed by atoms with Gasteiger partial charge in [-0.2, -0.15) is 0 Å². The second-order valence-electron chi connectivity index (χ2n) is 11.6. The molecule has 2 N–H and O–H groups in total. The van der Waals surface area contributed by atoms with Crippen molar-refractivity contribution in [2.75, 3.05) is 0 Å². The molecular formula is C31H43N3O4. The summed E-state index contributed by atoms with van der Waals surface area (Å²) in [5.41, 5.74) is 2.10. The van der Waals surface area contributed by atoms with Gasteiger partial charge in [-0.25, -0.2) is 4.79 Å². The van der Waals surface area contributed by atoms with Crippen LogP contribution in [0.2, 0.25) is 0 Å². The summed E-state index contributed by atoms with van der Waals surface area (Å²) in [6, 6.07) is 15.5. The van der Waals surface area contributed by atoms with E-state index in [2.05, 4.69) is 24.5 Å². The highest BCUT2D eigenvalue weighted by Gasteiger charge is 2.48. The predicted octanol–water partition coefficient (Wildman–Crippen LogP) is 5.19. The monoisotopic (exact) mass is 521 g/mol. The standard InChI is InChI=1S/C31H43N3O4/c1-8-22-14-16-24(17-15-22)27(28(35)32-20(2)3)34(26-18-21(26)4)29(36)25(19-23-12-10-9-11-13-23)33-30(37)38-31(5,6)7/h9-17,20-21,25-27H,8,18-19H2,1-7H3,(H,32,35)(H,33,37). The zero-order valence-corrected chi connectivity index (χ0v) is 23.8. The molecule has 0 bridgehead atoms. The minimum absolute atomic E-state index is 0.0894. The Morgan fingerprint density at radius 1 is 0.974 bits per heavy atom. The minimum atomic E-state index is -0.899. The number of hydrogen-bond donors (Lipinski definition) is 2. The fraction of sp³-hybridized carbons (Fsp3) is 0.516. The molecule has 1 aliphatic carbocycles.